The maximum Gasteiger partial charge on any atom is 0.00966 e. The fourth-order valence-electron chi connectivity index (χ4n) is 1.66. The molecule has 1 aliphatic heterocycles. The van der Waals surface area contributed by atoms with Crippen LogP contribution in [0.2, 0.25) is 0 Å². The Morgan fingerprint density at radius 1 is 1.55 bits per heavy atom. The molecule has 64 valence electrons. The van der Waals surface area contributed by atoms with E-state index in [9.17, 15) is 0 Å². The lowest BCUT2D eigenvalue weighted by atomic mass is 9.84. The molecule has 0 radical (unpaired) electrons. The quantitative estimate of drug-likeness (QED) is 0.622. The highest BCUT2D eigenvalue weighted by atomic mass is 15.0. The van der Waals surface area contributed by atoms with Crippen LogP contribution in [0.3, 0.4) is 0 Å². The summed E-state index contributed by atoms with van der Waals surface area (Å²) in [6, 6.07) is 0.840. The molecule has 2 rings (SSSR count). The molecule has 2 N–H and O–H groups in total. The summed E-state index contributed by atoms with van der Waals surface area (Å²) < 4.78 is 0. The predicted octanol–water partition coefficient (Wildman–Crippen LogP) is 0.594. The molecule has 0 aromatic carbocycles. The van der Waals surface area contributed by atoms with Gasteiger partial charge in [0, 0.05) is 31.1 Å². The first kappa shape index (κ1) is 7.56. The van der Waals surface area contributed by atoms with E-state index in [0.717, 1.165) is 12.0 Å². The summed E-state index contributed by atoms with van der Waals surface area (Å²) in [7, 11) is 0. The Morgan fingerprint density at radius 3 is 2.55 bits per heavy atom. The molecule has 11 heavy (non-hydrogen) atoms. The number of nitrogens with one attached hydrogen (secondary N) is 2. The maximum absolute atomic E-state index is 3.61. The summed E-state index contributed by atoms with van der Waals surface area (Å²) in [6.07, 6.45) is 1.39. The second-order valence-corrected chi connectivity index (χ2v) is 4.61. The molecule has 2 unspecified atom stereocenters. The number of hydrogen-bond acceptors (Lipinski definition) is 2. The first-order chi connectivity index (χ1) is 5.20. The predicted molar refractivity (Wildman–Crippen MR) is 46.5 cm³/mol. The van der Waals surface area contributed by atoms with Crippen LogP contribution in [0.4, 0.5) is 0 Å². The van der Waals surface area contributed by atoms with Crippen LogP contribution in [0.15, 0.2) is 0 Å². The topological polar surface area (TPSA) is 24.1 Å². The number of hydrogen-bond donors (Lipinski definition) is 2. The van der Waals surface area contributed by atoms with Crippen molar-refractivity contribution in [1.82, 2.24) is 10.6 Å². The van der Waals surface area contributed by atoms with Gasteiger partial charge < -0.3 is 10.6 Å². The van der Waals surface area contributed by atoms with Crippen molar-refractivity contribution in [3.63, 3.8) is 0 Å². The van der Waals surface area contributed by atoms with Gasteiger partial charge in [0.15, 0.2) is 0 Å². The molecule has 2 aliphatic rings. The third-order valence-corrected chi connectivity index (χ3v) is 3.00. The lowest BCUT2D eigenvalue weighted by molar-refractivity contribution is 0.188. The van der Waals surface area contributed by atoms with E-state index < -0.39 is 0 Å². The van der Waals surface area contributed by atoms with Crippen molar-refractivity contribution in [3.8, 4) is 0 Å². The van der Waals surface area contributed by atoms with Crippen LogP contribution in [0, 0.1) is 11.3 Å². The van der Waals surface area contributed by atoms with Crippen LogP contribution in [0.5, 0.6) is 0 Å². The molecule has 2 heteroatoms. The molecule has 1 heterocycles. The lowest BCUT2D eigenvalue weighted by Crippen LogP contribution is -2.56. The van der Waals surface area contributed by atoms with Crippen molar-refractivity contribution in [2.75, 3.05) is 19.6 Å². The molecule has 1 aliphatic carbocycles. The van der Waals surface area contributed by atoms with Gasteiger partial charge in [0.05, 0.1) is 0 Å². The van der Waals surface area contributed by atoms with E-state index in [1.165, 1.54) is 26.1 Å². The van der Waals surface area contributed by atoms with Crippen LogP contribution in [-0.4, -0.2) is 25.7 Å². The van der Waals surface area contributed by atoms with Gasteiger partial charge in [-0.3, -0.25) is 0 Å². The van der Waals surface area contributed by atoms with Crippen molar-refractivity contribution in [1.29, 1.82) is 0 Å². The van der Waals surface area contributed by atoms with Crippen molar-refractivity contribution in [2.24, 2.45) is 11.3 Å². The Bertz CT molecular complexity index is 152. The summed E-state index contributed by atoms with van der Waals surface area (Å²) in [5, 5.41) is 6.93. The van der Waals surface area contributed by atoms with Gasteiger partial charge in [-0.1, -0.05) is 13.8 Å². The van der Waals surface area contributed by atoms with Gasteiger partial charge in [-0.05, 0) is 12.3 Å². The molecule has 0 bridgehead atoms. The van der Waals surface area contributed by atoms with Gasteiger partial charge in [-0.25, -0.2) is 0 Å². The minimum Gasteiger partial charge on any atom is -0.315 e. The number of rotatable bonds is 3. The Balaban J connectivity index is 1.66. The molecule has 0 aromatic heterocycles. The third-order valence-electron chi connectivity index (χ3n) is 3.00. The van der Waals surface area contributed by atoms with Gasteiger partial charge in [0.25, 0.3) is 0 Å². The van der Waals surface area contributed by atoms with E-state index in [4.69, 9.17) is 0 Å². The zero-order chi connectivity index (χ0) is 7.90. The highest BCUT2D eigenvalue weighted by molar-refractivity contribution is 4.95. The van der Waals surface area contributed by atoms with Crippen molar-refractivity contribution in [3.05, 3.63) is 0 Å². The standard InChI is InChI=1S/C9H18N2/c1-7-3-8(7)11-6-9(2)4-10-5-9/h7-8,10-11H,3-6H2,1-2H3. The average molecular weight is 154 g/mol. The van der Waals surface area contributed by atoms with Gasteiger partial charge in [-0.2, -0.15) is 0 Å². The van der Waals surface area contributed by atoms with Crippen molar-refractivity contribution in [2.45, 2.75) is 26.3 Å². The van der Waals surface area contributed by atoms with E-state index in [1.807, 2.05) is 0 Å². The largest absolute Gasteiger partial charge is 0.315 e. The normalized spacial score (nSPS) is 39.8. The zero-order valence-electron chi connectivity index (χ0n) is 7.48. The molecular formula is C9H18N2. The summed E-state index contributed by atoms with van der Waals surface area (Å²) >= 11 is 0. The minimum atomic E-state index is 0.558. The van der Waals surface area contributed by atoms with E-state index in [2.05, 4.69) is 24.5 Å². The SMILES string of the molecule is CC1CC1NCC1(C)CNC1. The second-order valence-electron chi connectivity index (χ2n) is 4.61. The molecule has 0 amide bonds. The molecule has 0 aromatic rings. The van der Waals surface area contributed by atoms with Crippen LogP contribution in [0.1, 0.15) is 20.3 Å². The van der Waals surface area contributed by atoms with E-state index in [1.54, 1.807) is 0 Å². The Labute approximate surface area is 68.7 Å². The molecule has 2 nitrogen and oxygen atoms in total. The fourth-order valence-corrected chi connectivity index (χ4v) is 1.66. The van der Waals surface area contributed by atoms with Gasteiger partial charge in [0.1, 0.15) is 0 Å². The smallest absolute Gasteiger partial charge is 0.00966 e. The van der Waals surface area contributed by atoms with E-state index >= 15 is 0 Å². The molecular weight excluding hydrogens is 136 g/mol. The highest BCUT2D eigenvalue weighted by Gasteiger charge is 2.36. The second kappa shape index (κ2) is 2.46. The Morgan fingerprint density at radius 2 is 2.18 bits per heavy atom. The van der Waals surface area contributed by atoms with Crippen molar-refractivity contribution >= 4 is 0 Å². The zero-order valence-corrected chi connectivity index (χ0v) is 7.48. The highest BCUT2D eigenvalue weighted by Crippen LogP contribution is 2.30. The monoisotopic (exact) mass is 154 g/mol. The van der Waals surface area contributed by atoms with Gasteiger partial charge in [0.2, 0.25) is 0 Å². The molecule has 1 saturated heterocycles. The first-order valence-electron chi connectivity index (χ1n) is 4.64. The molecule has 2 atom stereocenters. The molecule has 0 spiro atoms. The average Bonchev–Trinajstić information content (AvgIpc) is 2.58. The summed E-state index contributed by atoms with van der Waals surface area (Å²) in [5.41, 5.74) is 0.558. The van der Waals surface area contributed by atoms with Gasteiger partial charge >= 0.3 is 0 Å². The van der Waals surface area contributed by atoms with Crippen molar-refractivity contribution < 1.29 is 0 Å². The van der Waals surface area contributed by atoms with E-state index in [-0.39, 0.29) is 0 Å². The summed E-state index contributed by atoms with van der Waals surface area (Å²) in [4.78, 5) is 0. The Kier molecular flexibility index (Phi) is 1.69. The van der Waals surface area contributed by atoms with Crippen LogP contribution < -0.4 is 10.6 Å². The first-order valence-corrected chi connectivity index (χ1v) is 4.64. The van der Waals surface area contributed by atoms with Crippen LogP contribution in [0.25, 0.3) is 0 Å². The summed E-state index contributed by atoms with van der Waals surface area (Å²) in [6.45, 7) is 8.26. The van der Waals surface area contributed by atoms with Crippen LogP contribution >= 0.6 is 0 Å². The molecule has 1 saturated carbocycles. The van der Waals surface area contributed by atoms with Gasteiger partial charge in [-0.15, -0.1) is 0 Å². The summed E-state index contributed by atoms with van der Waals surface area (Å²) in [5.74, 6) is 0.937. The lowest BCUT2D eigenvalue weighted by Gasteiger charge is -2.39. The third kappa shape index (κ3) is 1.57. The minimum absolute atomic E-state index is 0.558. The molecule has 2 fully saturated rings. The van der Waals surface area contributed by atoms with Crippen LogP contribution in [-0.2, 0) is 0 Å². The fraction of sp³-hybridized carbons (Fsp3) is 1.00. The van der Waals surface area contributed by atoms with E-state index in [0.29, 0.717) is 5.41 Å². The maximum atomic E-state index is 3.61. The Hall–Kier alpha value is -0.0800.